The van der Waals surface area contributed by atoms with E-state index in [0.717, 1.165) is 9.50 Å². The van der Waals surface area contributed by atoms with Crippen molar-refractivity contribution in [3.8, 4) is 0 Å². The first-order valence-corrected chi connectivity index (χ1v) is 6.50. The second-order valence-corrected chi connectivity index (χ2v) is 5.82. The molecule has 0 saturated heterocycles. The van der Waals surface area contributed by atoms with E-state index in [-0.39, 0.29) is 0 Å². The van der Waals surface area contributed by atoms with E-state index in [9.17, 15) is 0 Å². The zero-order valence-corrected chi connectivity index (χ0v) is 10.8. The molecule has 2 aromatic carbocycles. The zero-order valence-electron chi connectivity index (χ0n) is 7.63. The first-order chi connectivity index (χ1) is 7.24. The molecular weight excluding hydrogens is 292 g/mol. The monoisotopic (exact) mass is 296 g/mol. The van der Waals surface area contributed by atoms with Crippen LogP contribution in [0.25, 0.3) is 20.2 Å². The highest BCUT2D eigenvalue weighted by Gasteiger charge is 2.05. The number of fused-ring (bicyclic) bond motifs is 3. The van der Waals surface area contributed by atoms with E-state index >= 15 is 0 Å². The summed E-state index contributed by atoms with van der Waals surface area (Å²) in [4.78, 5) is 0. The van der Waals surface area contributed by atoms with E-state index in [1.54, 1.807) is 11.3 Å². The van der Waals surface area contributed by atoms with E-state index in [0.29, 0.717) is 0 Å². The molecule has 0 aliphatic rings. The first-order valence-electron chi connectivity index (χ1n) is 4.51. The predicted molar refractivity (Wildman–Crippen MR) is 72.0 cm³/mol. The summed E-state index contributed by atoms with van der Waals surface area (Å²) in [6, 6.07) is 12.4. The van der Waals surface area contributed by atoms with Crippen LogP contribution in [-0.4, -0.2) is 0 Å². The first kappa shape index (κ1) is 9.64. The SMILES string of the molecule is Clc1ccc2sc3cc(Br)ccc3c2c1. The Hall–Kier alpha value is -0.570. The molecule has 0 aliphatic heterocycles. The number of benzene rings is 2. The molecule has 0 aliphatic carbocycles. The van der Waals surface area contributed by atoms with E-state index < -0.39 is 0 Å². The second kappa shape index (κ2) is 3.48. The summed E-state index contributed by atoms with van der Waals surface area (Å²) in [5.41, 5.74) is 0. The highest BCUT2D eigenvalue weighted by atomic mass is 79.9. The molecular formula is C12H6BrClS. The lowest BCUT2D eigenvalue weighted by atomic mass is 10.1. The third kappa shape index (κ3) is 1.57. The van der Waals surface area contributed by atoms with E-state index in [1.807, 2.05) is 12.1 Å². The van der Waals surface area contributed by atoms with Gasteiger partial charge < -0.3 is 0 Å². The van der Waals surface area contributed by atoms with E-state index in [2.05, 4.69) is 40.2 Å². The third-order valence-corrected chi connectivity index (χ3v) is 4.26. The minimum absolute atomic E-state index is 0.796. The Morgan fingerprint density at radius 3 is 2.67 bits per heavy atom. The van der Waals surface area contributed by atoms with Gasteiger partial charge in [0, 0.05) is 29.7 Å². The van der Waals surface area contributed by atoms with Crippen molar-refractivity contribution >= 4 is 59.0 Å². The van der Waals surface area contributed by atoms with Crippen LogP contribution in [-0.2, 0) is 0 Å². The molecule has 0 bridgehead atoms. The molecule has 3 rings (SSSR count). The van der Waals surface area contributed by atoms with Crippen LogP contribution in [0, 0.1) is 0 Å². The van der Waals surface area contributed by atoms with Gasteiger partial charge in [-0.3, -0.25) is 0 Å². The van der Waals surface area contributed by atoms with Crippen molar-refractivity contribution in [1.82, 2.24) is 0 Å². The fourth-order valence-corrected chi connectivity index (χ4v) is 3.53. The number of rotatable bonds is 0. The van der Waals surface area contributed by atoms with Crippen molar-refractivity contribution in [2.24, 2.45) is 0 Å². The summed E-state index contributed by atoms with van der Waals surface area (Å²) in [5, 5.41) is 3.32. The van der Waals surface area contributed by atoms with Crippen LogP contribution in [0.5, 0.6) is 0 Å². The molecule has 0 unspecified atom stereocenters. The predicted octanol–water partition coefficient (Wildman–Crippen LogP) is 5.47. The molecule has 0 saturated carbocycles. The summed E-state index contributed by atoms with van der Waals surface area (Å²) in [6.07, 6.45) is 0. The minimum atomic E-state index is 0.796. The van der Waals surface area contributed by atoms with Crippen LogP contribution < -0.4 is 0 Å². The summed E-state index contributed by atoms with van der Waals surface area (Å²) >= 11 is 11.3. The highest BCUT2D eigenvalue weighted by Crippen LogP contribution is 2.36. The summed E-state index contributed by atoms with van der Waals surface area (Å²) in [7, 11) is 0. The van der Waals surface area contributed by atoms with Crippen LogP contribution in [0.15, 0.2) is 40.9 Å². The summed E-state index contributed by atoms with van der Waals surface area (Å²) in [6.45, 7) is 0. The molecule has 0 spiro atoms. The van der Waals surface area contributed by atoms with Crippen molar-refractivity contribution in [1.29, 1.82) is 0 Å². The van der Waals surface area contributed by atoms with Gasteiger partial charge >= 0.3 is 0 Å². The average molecular weight is 298 g/mol. The summed E-state index contributed by atoms with van der Waals surface area (Å²) in [5.74, 6) is 0. The number of hydrogen-bond acceptors (Lipinski definition) is 1. The number of halogens is 2. The maximum Gasteiger partial charge on any atom is 0.0413 e. The third-order valence-electron chi connectivity index (χ3n) is 2.40. The van der Waals surface area contributed by atoms with Gasteiger partial charge in [0.15, 0.2) is 0 Å². The largest absolute Gasteiger partial charge is 0.135 e. The highest BCUT2D eigenvalue weighted by molar-refractivity contribution is 9.10. The maximum absolute atomic E-state index is 6.00. The Kier molecular flexibility index (Phi) is 2.23. The lowest BCUT2D eigenvalue weighted by Gasteiger charge is -1.93. The van der Waals surface area contributed by atoms with Crippen LogP contribution in [0.3, 0.4) is 0 Å². The summed E-state index contributed by atoms with van der Waals surface area (Å²) < 4.78 is 3.70. The topological polar surface area (TPSA) is 0 Å². The Labute approximate surface area is 105 Å². The maximum atomic E-state index is 6.00. The Bertz CT molecular complexity index is 657. The number of thiophene rings is 1. The molecule has 0 atom stereocenters. The van der Waals surface area contributed by atoms with Gasteiger partial charge in [-0.15, -0.1) is 11.3 Å². The molecule has 0 amide bonds. The Balaban J connectivity index is 2.53. The van der Waals surface area contributed by atoms with Crippen LogP contribution in [0.4, 0.5) is 0 Å². The molecule has 0 N–H and O–H groups in total. The molecule has 0 fully saturated rings. The van der Waals surface area contributed by atoms with E-state index in [4.69, 9.17) is 11.6 Å². The molecule has 0 radical (unpaired) electrons. The quantitative estimate of drug-likeness (QED) is 0.516. The van der Waals surface area contributed by atoms with Crippen LogP contribution in [0.2, 0.25) is 5.02 Å². The lowest BCUT2D eigenvalue weighted by Crippen LogP contribution is -1.67. The minimum Gasteiger partial charge on any atom is -0.135 e. The number of hydrogen-bond donors (Lipinski definition) is 0. The van der Waals surface area contributed by atoms with Gasteiger partial charge in [-0.2, -0.15) is 0 Å². The van der Waals surface area contributed by atoms with Gasteiger partial charge in [0.25, 0.3) is 0 Å². The molecule has 0 nitrogen and oxygen atoms in total. The molecule has 15 heavy (non-hydrogen) atoms. The Morgan fingerprint density at radius 1 is 0.933 bits per heavy atom. The van der Waals surface area contributed by atoms with Crippen molar-refractivity contribution in [2.45, 2.75) is 0 Å². The van der Waals surface area contributed by atoms with Gasteiger partial charge in [0.2, 0.25) is 0 Å². The van der Waals surface area contributed by atoms with Crippen LogP contribution in [0.1, 0.15) is 0 Å². The van der Waals surface area contributed by atoms with Gasteiger partial charge in [0.1, 0.15) is 0 Å². The standard InChI is InChI=1S/C12H6BrClS/c13-7-1-3-9-10-6-8(14)2-4-11(10)15-12(9)5-7/h1-6H. The zero-order chi connectivity index (χ0) is 10.4. The van der Waals surface area contributed by atoms with Gasteiger partial charge in [0.05, 0.1) is 0 Å². The second-order valence-electron chi connectivity index (χ2n) is 3.38. The average Bonchev–Trinajstić information content (AvgIpc) is 2.54. The molecule has 74 valence electrons. The fourth-order valence-electron chi connectivity index (χ4n) is 1.72. The van der Waals surface area contributed by atoms with Crippen molar-refractivity contribution in [2.75, 3.05) is 0 Å². The van der Waals surface area contributed by atoms with Gasteiger partial charge in [-0.05, 0) is 30.3 Å². The fraction of sp³-hybridized carbons (Fsp3) is 0. The van der Waals surface area contributed by atoms with Gasteiger partial charge in [-0.25, -0.2) is 0 Å². The van der Waals surface area contributed by atoms with E-state index in [1.165, 1.54) is 20.2 Å². The lowest BCUT2D eigenvalue weighted by molar-refractivity contribution is 1.77. The van der Waals surface area contributed by atoms with Crippen molar-refractivity contribution in [3.63, 3.8) is 0 Å². The smallest absolute Gasteiger partial charge is 0.0413 e. The molecule has 1 heterocycles. The normalized spacial score (nSPS) is 11.3. The molecule has 3 heteroatoms. The van der Waals surface area contributed by atoms with Crippen molar-refractivity contribution < 1.29 is 0 Å². The van der Waals surface area contributed by atoms with Crippen LogP contribution >= 0.6 is 38.9 Å². The molecule has 3 aromatic rings. The Morgan fingerprint density at radius 2 is 1.80 bits per heavy atom. The molecule has 1 aromatic heterocycles. The van der Waals surface area contributed by atoms with Gasteiger partial charge in [-0.1, -0.05) is 33.6 Å². The van der Waals surface area contributed by atoms with Crippen molar-refractivity contribution in [3.05, 3.63) is 45.9 Å².